The number of halogens is 2. The van der Waals surface area contributed by atoms with Crippen molar-refractivity contribution in [1.82, 2.24) is 14.7 Å². The fourth-order valence-electron chi connectivity index (χ4n) is 3.65. The van der Waals surface area contributed by atoms with E-state index in [0.29, 0.717) is 42.5 Å². The molecule has 8 heteroatoms. The SMILES string of the molecule is O=C(CCn1nc(-c2ccc(F)cc2)ccc1=O)N1CCN(c2ccccc2Cl)CC1. The zero-order valence-electron chi connectivity index (χ0n) is 16.9. The summed E-state index contributed by atoms with van der Waals surface area (Å²) < 4.78 is 14.4. The minimum Gasteiger partial charge on any atom is -0.367 e. The molecule has 3 aromatic rings. The molecule has 0 aliphatic carbocycles. The molecule has 1 fully saturated rings. The topological polar surface area (TPSA) is 58.4 Å². The highest BCUT2D eigenvalue weighted by atomic mass is 35.5. The summed E-state index contributed by atoms with van der Waals surface area (Å²) in [5.41, 5.74) is 1.96. The van der Waals surface area contributed by atoms with Gasteiger partial charge in [-0.25, -0.2) is 9.07 Å². The zero-order chi connectivity index (χ0) is 21.8. The molecule has 1 saturated heterocycles. The van der Waals surface area contributed by atoms with Crippen molar-refractivity contribution in [3.05, 3.63) is 81.9 Å². The number of piperazine rings is 1. The van der Waals surface area contributed by atoms with Gasteiger partial charge in [0.05, 0.1) is 22.9 Å². The summed E-state index contributed by atoms with van der Waals surface area (Å²) in [4.78, 5) is 28.8. The monoisotopic (exact) mass is 440 g/mol. The first-order valence-corrected chi connectivity index (χ1v) is 10.5. The molecule has 1 aliphatic heterocycles. The van der Waals surface area contributed by atoms with E-state index >= 15 is 0 Å². The lowest BCUT2D eigenvalue weighted by molar-refractivity contribution is -0.131. The average Bonchev–Trinajstić information content (AvgIpc) is 2.79. The van der Waals surface area contributed by atoms with E-state index < -0.39 is 0 Å². The third kappa shape index (κ3) is 4.94. The van der Waals surface area contributed by atoms with Crippen molar-refractivity contribution in [2.75, 3.05) is 31.1 Å². The molecule has 0 atom stereocenters. The summed E-state index contributed by atoms with van der Waals surface area (Å²) in [7, 11) is 0. The fraction of sp³-hybridized carbons (Fsp3) is 0.261. The normalized spacial score (nSPS) is 14.0. The number of benzene rings is 2. The van der Waals surface area contributed by atoms with Crippen LogP contribution in [-0.2, 0) is 11.3 Å². The molecule has 0 spiro atoms. The maximum Gasteiger partial charge on any atom is 0.266 e. The molecule has 1 aromatic heterocycles. The Balaban J connectivity index is 1.36. The van der Waals surface area contributed by atoms with Crippen LogP contribution in [0.25, 0.3) is 11.3 Å². The van der Waals surface area contributed by atoms with E-state index in [4.69, 9.17) is 11.6 Å². The van der Waals surface area contributed by atoms with E-state index in [9.17, 15) is 14.0 Å². The summed E-state index contributed by atoms with van der Waals surface area (Å²) >= 11 is 6.27. The van der Waals surface area contributed by atoms with Crippen LogP contribution in [0, 0.1) is 5.82 Å². The Bertz CT molecular complexity index is 1120. The summed E-state index contributed by atoms with van der Waals surface area (Å²) in [5.74, 6) is -0.350. The number of hydrogen-bond donors (Lipinski definition) is 0. The molecule has 0 saturated carbocycles. The maximum atomic E-state index is 13.1. The minimum atomic E-state index is -0.336. The molecule has 0 radical (unpaired) electrons. The number of para-hydroxylation sites is 1. The summed E-state index contributed by atoms with van der Waals surface area (Å²) in [6, 6.07) is 16.6. The van der Waals surface area contributed by atoms with Crippen LogP contribution < -0.4 is 10.5 Å². The lowest BCUT2D eigenvalue weighted by atomic mass is 10.1. The molecule has 2 aromatic carbocycles. The van der Waals surface area contributed by atoms with Crippen LogP contribution in [0.1, 0.15) is 6.42 Å². The highest BCUT2D eigenvalue weighted by Gasteiger charge is 2.22. The van der Waals surface area contributed by atoms with E-state index in [1.165, 1.54) is 22.9 Å². The molecular formula is C23H22ClFN4O2. The highest BCUT2D eigenvalue weighted by molar-refractivity contribution is 6.33. The van der Waals surface area contributed by atoms with Crippen LogP contribution in [0.3, 0.4) is 0 Å². The van der Waals surface area contributed by atoms with Gasteiger partial charge in [0, 0.05) is 44.2 Å². The lowest BCUT2D eigenvalue weighted by Crippen LogP contribution is -2.49. The Hall–Kier alpha value is -3.19. The minimum absolute atomic E-state index is 0.0142. The van der Waals surface area contributed by atoms with Crippen molar-refractivity contribution in [1.29, 1.82) is 0 Å². The third-order valence-electron chi connectivity index (χ3n) is 5.37. The molecule has 0 unspecified atom stereocenters. The average molecular weight is 441 g/mol. The van der Waals surface area contributed by atoms with Gasteiger partial charge < -0.3 is 9.80 Å². The number of anilines is 1. The molecule has 0 N–H and O–H groups in total. The van der Waals surface area contributed by atoms with Gasteiger partial charge in [0.2, 0.25) is 5.91 Å². The molecule has 31 heavy (non-hydrogen) atoms. The number of nitrogens with zero attached hydrogens (tertiary/aromatic N) is 4. The van der Waals surface area contributed by atoms with E-state index in [2.05, 4.69) is 10.00 Å². The van der Waals surface area contributed by atoms with Gasteiger partial charge in [-0.15, -0.1) is 0 Å². The fourth-order valence-corrected chi connectivity index (χ4v) is 3.90. The Morgan fingerprint density at radius 1 is 0.968 bits per heavy atom. The Morgan fingerprint density at radius 2 is 1.68 bits per heavy atom. The first kappa shape index (κ1) is 21.1. The van der Waals surface area contributed by atoms with E-state index in [-0.39, 0.29) is 30.2 Å². The van der Waals surface area contributed by atoms with Gasteiger partial charge in [-0.2, -0.15) is 5.10 Å². The third-order valence-corrected chi connectivity index (χ3v) is 5.69. The number of aryl methyl sites for hydroxylation is 1. The number of rotatable bonds is 5. The van der Waals surface area contributed by atoms with E-state index in [1.807, 2.05) is 29.2 Å². The number of aromatic nitrogens is 2. The molecule has 160 valence electrons. The van der Waals surface area contributed by atoms with Crippen LogP contribution >= 0.6 is 11.6 Å². The lowest BCUT2D eigenvalue weighted by Gasteiger charge is -2.36. The van der Waals surface area contributed by atoms with Gasteiger partial charge in [0.25, 0.3) is 5.56 Å². The standard InChI is InChI=1S/C23H22ClFN4O2/c24-19-3-1-2-4-21(19)27-13-15-28(16-14-27)22(30)11-12-29-23(31)10-9-20(26-29)17-5-7-18(25)8-6-17/h1-10H,11-16H2. The van der Waals surface area contributed by atoms with Crippen LogP contribution in [-0.4, -0.2) is 46.8 Å². The number of amides is 1. The van der Waals surface area contributed by atoms with E-state index in [0.717, 1.165) is 5.69 Å². The summed E-state index contributed by atoms with van der Waals surface area (Å²) in [6.07, 6.45) is 0.186. The van der Waals surface area contributed by atoms with Crippen LogP contribution in [0.5, 0.6) is 0 Å². The molecular weight excluding hydrogens is 419 g/mol. The van der Waals surface area contributed by atoms with Gasteiger partial charge in [0.1, 0.15) is 5.82 Å². The Morgan fingerprint density at radius 3 is 2.39 bits per heavy atom. The highest BCUT2D eigenvalue weighted by Crippen LogP contribution is 2.26. The van der Waals surface area contributed by atoms with E-state index in [1.54, 1.807) is 18.2 Å². The van der Waals surface area contributed by atoms with Gasteiger partial charge in [-0.1, -0.05) is 23.7 Å². The van der Waals surface area contributed by atoms with Gasteiger partial charge >= 0.3 is 0 Å². The van der Waals surface area contributed by atoms with Crippen LogP contribution in [0.15, 0.2) is 65.5 Å². The summed E-state index contributed by atoms with van der Waals surface area (Å²) in [6.45, 7) is 2.79. The molecule has 1 amide bonds. The zero-order valence-corrected chi connectivity index (χ0v) is 17.6. The largest absolute Gasteiger partial charge is 0.367 e. The second-order valence-electron chi connectivity index (χ2n) is 7.36. The predicted octanol–water partition coefficient (Wildman–Crippen LogP) is 3.44. The van der Waals surface area contributed by atoms with Gasteiger partial charge in [-0.3, -0.25) is 9.59 Å². The molecule has 1 aliphatic rings. The van der Waals surface area contributed by atoms with Crippen molar-refractivity contribution >= 4 is 23.2 Å². The van der Waals surface area contributed by atoms with Crippen molar-refractivity contribution in [3.63, 3.8) is 0 Å². The van der Waals surface area contributed by atoms with Gasteiger partial charge in [0.15, 0.2) is 0 Å². The second-order valence-corrected chi connectivity index (χ2v) is 7.76. The summed E-state index contributed by atoms with van der Waals surface area (Å²) in [5, 5.41) is 5.04. The van der Waals surface area contributed by atoms with Crippen LogP contribution in [0.2, 0.25) is 5.02 Å². The van der Waals surface area contributed by atoms with Crippen LogP contribution in [0.4, 0.5) is 10.1 Å². The van der Waals surface area contributed by atoms with Crippen molar-refractivity contribution < 1.29 is 9.18 Å². The Labute approximate surface area is 184 Å². The predicted molar refractivity (Wildman–Crippen MR) is 119 cm³/mol. The molecule has 6 nitrogen and oxygen atoms in total. The van der Waals surface area contributed by atoms with Crippen molar-refractivity contribution in [3.8, 4) is 11.3 Å². The molecule has 4 rings (SSSR count). The maximum absolute atomic E-state index is 13.1. The molecule has 0 bridgehead atoms. The first-order chi connectivity index (χ1) is 15.0. The number of hydrogen-bond acceptors (Lipinski definition) is 4. The second kappa shape index (κ2) is 9.31. The molecule has 2 heterocycles. The van der Waals surface area contributed by atoms with Crippen molar-refractivity contribution in [2.45, 2.75) is 13.0 Å². The first-order valence-electron chi connectivity index (χ1n) is 10.1. The Kier molecular flexibility index (Phi) is 6.32. The smallest absolute Gasteiger partial charge is 0.266 e. The number of carbonyl (C=O) groups excluding carboxylic acids is 1. The quantitative estimate of drug-likeness (QED) is 0.609. The van der Waals surface area contributed by atoms with Crippen molar-refractivity contribution in [2.24, 2.45) is 0 Å². The number of carbonyl (C=O) groups is 1. The van der Waals surface area contributed by atoms with Gasteiger partial charge in [-0.05, 0) is 42.5 Å².